The first-order valence-corrected chi connectivity index (χ1v) is 4.85. The van der Waals surface area contributed by atoms with Crippen LogP contribution >= 0.6 is 0 Å². The molecule has 1 aromatic rings. The van der Waals surface area contributed by atoms with Crippen molar-refractivity contribution in [3.05, 3.63) is 48.2 Å². The largest absolute Gasteiger partial charge is 0.370 e. The van der Waals surface area contributed by atoms with Gasteiger partial charge in [-0.05, 0) is 12.6 Å². The van der Waals surface area contributed by atoms with Gasteiger partial charge in [0.1, 0.15) is 0 Å². The van der Waals surface area contributed by atoms with Gasteiger partial charge < -0.3 is 4.90 Å². The van der Waals surface area contributed by atoms with E-state index in [9.17, 15) is 4.79 Å². The first-order valence-electron chi connectivity index (χ1n) is 4.85. The minimum atomic E-state index is 0.192. The second-order valence-electron chi connectivity index (χ2n) is 3.43. The van der Waals surface area contributed by atoms with Gasteiger partial charge in [-0.1, -0.05) is 36.4 Å². The zero-order valence-electron chi connectivity index (χ0n) is 8.02. The van der Waals surface area contributed by atoms with Gasteiger partial charge in [-0.3, -0.25) is 4.79 Å². The molecule has 0 unspecified atom stereocenters. The molecule has 1 aliphatic heterocycles. The van der Waals surface area contributed by atoms with Crippen molar-refractivity contribution in [2.75, 3.05) is 13.1 Å². The van der Waals surface area contributed by atoms with Crippen LogP contribution in [0, 0.1) is 0 Å². The monoisotopic (exact) mass is 187 g/mol. The fourth-order valence-corrected chi connectivity index (χ4v) is 1.57. The van der Waals surface area contributed by atoms with Crippen LogP contribution in [0.1, 0.15) is 16.8 Å². The van der Waals surface area contributed by atoms with Crippen LogP contribution in [-0.2, 0) is 0 Å². The Labute approximate surface area is 83.8 Å². The van der Waals surface area contributed by atoms with Crippen molar-refractivity contribution < 1.29 is 4.79 Å². The lowest BCUT2D eigenvalue weighted by molar-refractivity contribution is 0.0959. The second kappa shape index (κ2) is 4.09. The van der Waals surface area contributed by atoms with E-state index in [2.05, 4.69) is 11.0 Å². The highest BCUT2D eigenvalue weighted by molar-refractivity contribution is 5.97. The lowest BCUT2D eigenvalue weighted by Gasteiger charge is -2.13. The Bertz CT molecular complexity index is 343. The van der Waals surface area contributed by atoms with Crippen LogP contribution in [0.5, 0.6) is 0 Å². The fraction of sp³-hybridized carbons (Fsp3) is 0.250. The SMILES string of the molecule is O=C(CN1C=CCC1)c1ccccc1. The van der Waals surface area contributed by atoms with Crippen molar-refractivity contribution in [3.8, 4) is 0 Å². The van der Waals surface area contributed by atoms with E-state index in [-0.39, 0.29) is 5.78 Å². The normalized spacial score (nSPS) is 14.7. The zero-order valence-corrected chi connectivity index (χ0v) is 8.02. The maximum atomic E-state index is 11.7. The van der Waals surface area contributed by atoms with Crippen LogP contribution in [0.2, 0.25) is 0 Å². The van der Waals surface area contributed by atoms with E-state index in [1.807, 2.05) is 36.5 Å². The van der Waals surface area contributed by atoms with Gasteiger partial charge in [0.15, 0.2) is 5.78 Å². The molecule has 2 nitrogen and oxygen atoms in total. The molecule has 0 amide bonds. The molecule has 0 spiro atoms. The van der Waals surface area contributed by atoms with Gasteiger partial charge in [0.05, 0.1) is 6.54 Å². The smallest absolute Gasteiger partial charge is 0.182 e. The van der Waals surface area contributed by atoms with Gasteiger partial charge in [-0.25, -0.2) is 0 Å². The third kappa shape index (κ3) is 2.02. The van der Waals surface area contributed by atoms with Crippen LogP contribution in [0.15, 0.2) is 42.6 Å². The molecule has 2 rings (SSSR count). The summed E-state index contributed by atoms with van der Waals surface area (Å²) in [5.74, 6) is 0.192. The standard InChI is InChI=1S/C12H13NO/c14-12(10-13-8-4-5-9-13)11-6-2-1-3-7-11/h1-4,6-8H,5,9-10H2. The number of ketones is 1. The maximum Gasteiger partial charge on any atom is 0.182 e. The topological polar surface area (TPSA) is 20.3 Å². The summed E-state index contributed by atoms with van der Waals surface area (Å²) >= 11 is 0. The lowest BCUT2D eigenvalue weighted by Crippen LogP contribution is -2.23. The summed E-state index contributed by atoms with van der Waals surface area (Å²) in [7, 11) is 0. The summed E-state index contributed by atoms with van der Waals surface area (Å²) < 4.78 is 0. The van der Waals surface area contributed by atoms with E-state index < -0.39 is 0 Å². The number of carbonyl (C=O) groups is 1. The second-order valence-corrected chi connectivity index (χ2v) is 3.43. The lowest BCUT2D eigenvalue weighted by atomic mass is 10.1. The molecule has 0 fully saturated rings. The molecule has 0 aromatic heterocycles. The molecule has 0 saturated carbocycles. The minimum Gasteiger partial charge on any atom is -0.370 e. The predicted molar refractivity (Wildman–Crippen MR) is 56.1 cm³/mol. The Morgan fingerprint density at radius 1 is 1.29 bits per heavy atom. The van der Waals surface area contributed by atoms with E-state index in [0.29, 0.717) is 6.54 Å². The van der Waals surface area contributed by atoms with E-state index in [4.69, 9.17) is 0 Å². The van der Waals surface area contributed by atoms with Gasteiger partial charge in [0.2, 0.25) is 0 Å². The van der Waals surface area contributed by atoms with Crippen LogP contribution in [0.3, 0.4) is 0 Å². The molecular weight excluding hydrogens is 174 g/mol. The molecule has 0 N–H and O–H groups in total. The maximum absolute atomic E-state index is 11.7. The Hall–Kier alpha value is -1.57. The third-order valence-corrected chi connectivity index (χ3v) is 2.34. The quantitative estimate of drug-likeness (QED) is 0.675. The number of Topliss-reactive ketones (excluding diaryl/α,β-unsaturated/α-hetero) is 1. The summed E-state index contributed by atoms with van der Waals surface area (Å²) in [4.78, 5) is 13.8. The van der Waals surface area contributed by atoms with Gasteiger partial charge in [0, 0.05) is 12.1 Å². The fourth-order valence-electron chi connectivity index (χ4n) is 1.57. The van der Waals surface area contributed by atoms with Crippen molar-refractivity contribution in [2.45, 2.75) is 6.42 Å². The van der Waals surface area contributed by atoms with Gasteiger partial charge >= 0.3 is 0 Å². The van der Waals surface area contributed by atoms with Crippen molar-refractivity contribution in [2.24, 2.45) is 0 Å². The van der Waals surface area contributed by atoms with E-state index in [0.717, 1.165) is 18.5 Å². The Kier molecular flexibility index (Phi) is 2.63. The molecule has 1 aromatic carbocycles. The summed E-state index contributed by atoms with van der Waals surface area (Å²) in [5, 5.41) is 0. The Balaban J connectivity index is 1.99. The van der Waals surface area contributed by atoms with Crippen molar-refractivity contribution in [1.29, 1.82) is 0 Å². The molecule has 72 valence electrons. The van der Waals surface area contributed by atoms with Gasteiger partial charge in [0.25, 0.3) is 0 Å². The number of benzene rings is 1. The van der Waals surface area contributed by atoms with E-state index >= 15 is 0 Å². The molecule has 14 heavy (non-hydrogen) atoms. The number of nitrogens with zero attached hydrogens (tertiary/aromatic N) is 1. The zero-order chi connectivity index (χ0) is 9.80. The summed E-state index contributed by atoms with van der Waals surface area (Å²) in [6.45, 7) is 1.47. The summed E-state index contributed by atoms with van der Waals surface area (Å²) in [6, 6.07) is 9.44. The van der Waals surface area contributed by atoms with E-state index in [1.54, 1.807) is 0 Å². The van der Waals surface area contributed by atoms with E-state index in [1.165, 1.54) is 0 Å². The third-order valence-electron chi connectivity index (χ3n) is 2.34. The van der Waals surface area contributed by atoms with Crippen LogP contribution in [0.25, 0.3) is 0 Å². The van der Waals surface area contributed by atoms with Gasteiger partial charge in [-0.2, -0.15) is 0 Å². The molecule has 0 atom stereocenters. The first-order chi connectivity index (χ1) is 6.86. The van der Waals surface area contributed by atoms with Crippen LogP contribution in [-0.4, -0.2) is 23.8 Å². The van der Waals surface area contributed by atoms with Gasteiger partial charge in [-0.15, -0.1) is 0 Å². The predicted octanol–water partition coefficient (Wildman–Crippen LogP) is 2.09. The highest BCUT2D eigenvalue weighted by Crippen LogP contribution is 2.06. The minimum absolute atomic E-state index is 0.192. The highest BCUT2D eigenvalue weighted by atomic mass is 16.1. The van der Waals surface area contributed by atoms with Crippen molar-refractivity contribution in [1.82, 2.24) is 4.90 Å². The average molecular weight is 187 g/mol. The molecule has 0 saturated heterocycles. The number of rotatable bonds is 3. The number of hydrogen-bond donors (Lipinski definition) is 0. The molecule has 1 aliphatic rings. The molecule has 0 bridgehead atoms. The first kappa shape index (κ1) is 9.00. The highest BCUT2D eigenvalue weighted by Gasteiger charge is 2.10. The van der Waals surface area contributed by atoms with Crippen molar-refractivity contribution >= 4 is 5.78 Å². The van der Waals surface area contributed by atoms with Crippen LogP contribution in [0.4, 0.5) is 0 Å². The number of carbonyl (C=O) groups excluding carboxylic acids is 1. The molecule has 0 radical (unpaired) electrons. The molecule has 2 heteroatoms. The van der Waals surface area contributed by atoms with Crippen LogP contribution < -0.4 is 0 Å². The average Bonchev–Trinajstić information content (AvgIpc) is 2.72. The van der Waals surface area contributed by atoms with Crippen molar-refractivity contribution in [3.63, 3.8) is 0 Å². The molecule has 1 heterocycles. The number of hydrogen-bond acceptors (Lipinski definition) is 2. The molecular formula is C12H13NO. The summed E-state index contributed by atoms with van der Waals surface area (Å²) in [6.07, 6.45) is 5.15. The summed E-state index contributed by atoms with van der Waals surface area (Å²) in [5.41, 5.74) is 0.799. The molecule has 0 aliphatic carbocycles. The Morgan fingerprint density at radius 3 is 2.71 bits per heavy atom. The Morgan fingerprint density at radius 2 is 2.07 bits per heavy atom.